The SMILES string of the molecule is CCOc1ncccc1C(=O)Nc1nc(-c2ccc(OC)c(Cl)c2)cs1. The normalized spacial score (nSPS) is 10.4. The van der Waals surface area contributed by atoms with Gasteiger partial charge in [-0.05, 0) is 37.3 Å². The van der Waals surface area contributed by atoms with E-state index in [1.54, 1.807) is 37.6 Å². The number of carbonyl (C=O) groups is 1. The highest BCUT2D eigenvalue weighted by Crippen LogP contribution is 2.32. The lowest BCUT2D eigenvalue weighted by molar-refractivity contribution is 0.102. The smallest absolute Gasteiger partial charge is 0.262 e. The van der Waals surface area contributed by atoms with E-state index in [-0.39, 0.29) is 5.91 Å². The number of benzene rings is 1. The van der Waals surface area contributed by atoms with Crippen LogP contribution in [0, 0.1) is 0 Å². The lowest BCUT2D eigenvalue weighted by atomic mass is 10.2. The molecule has 0 atom stereocenters. The van der Waals surface area contributed by atoms with Crippen LogP contribution in [0.4, 0.5) is 5.13 Å². The summed E-state index contributed by atoms with van der Waals surface area (Å²) in [6.45, 7) is 2.26. The van der Waals surface area contributed by atoms with Crippen molar-refractivity contribution in [1.82, 2.24) is 9.97 Å². The van der Waals surface area contributed by atoms with Crippen molar-refractivity contribution in [3.63, 3.8) is 0 Å². The Morgan fingerprint density at radius 3 is 2.92 bits per heavy atom. The number of ether oxygens (including phenoxy) is 2. The van der Waals surface area contributed by atoms with E-state index in [4.69, 9.17) is 21.1 Å². The van der Waals surface area contributed by atoms with Gasteiger partial charge in [-0.15, -0.1) is 11.3 Å². The summed E-state index contributed by atoms with van der Waals surface area (Å²) in [6.07, 6.45) is 1.58. The van der Waals surface area contributed by atoms with Crippen molar-refractivity contribution in [2.75, 3.05) is 19.0 Å². The zero-order valence-electron chi connectivity index (χ0n) is 14.2. The third-order valence-electron chi connectivity index (χ3n) is 3.47. The second kappa shape index (κ2) is 8.16. The number of aromatic nitrogens is 2. The average Bonchev–Trinajstić information content (AvgIpc) is 3.11. The van der Waals surface area contributed by atoms with Crippen LogP contribution in [0.15, 0.2) is 41.9 Å². The van der Waals surface area contributed by atoms with Crippen LogP contribution in [0.25, 0.3) is 11.3 Å². The van der Waals surface area contributed by atoms with Crippen LogP contribution in [0.1, 0.15) is 17.3 Å². The van der Waals surface area contributed by atoms with Crippen LogP contribution in [-0.2, 0) is 0 Å². The van der Waals surface area contributed by atoms with E-state index in [1.807, 2.05) is 18.4 Å². The maximum atomic E-state index is 12.5. The molecule has 0 aliphatic heterocycles. The largest absolute Gasteiger partial charge is 0.495 e. The third kappa shape index (κ3) is 3.95. The first-order valence-corrected chi connectivity index (χ1v) is 9.06. The molecule has 0 radical (unpaired) electrons. The number of hydrogen-bond acceptors (Lipinski definition) is 6. The standard InChI is InChI=1S/C18H16ClN3O3S/c1-3-25-17-12(5-4-8-20-17)16(23)22-18-21-14(10-26-18)11-6-7-15(24-2)13(19)9-11/h4-10H,3H2,1-2H3,(H,21,22,23). The van der Waals surface area contributed by atoms with E-state index < -0.39 is 0 Å². The molecule has 0 spiro atoms. The van der Waals surface area contributed by atoms with Gasteiger partial charge in [-0.3, -0.25) is 10.1 Å². The van der Waals surface area contributed by atoms with Gasteiger partial charge in [-0.25, -0.2) is 9.97 Å². The number of nitrogens with zero attached hydrogens (tertiary/aromatic N) is 2. The van der Waals surface area contributed by atoms with E-state index in [2.05, 4.69) is 15.3 Å². The van der Waals surface area contributed by atoms with Crippen LogP contribution >= 0.6 is 22.9 Å². The molecule has 0 bridgehead atoms. The Labute approximate surface area is 159 Å². The maximum absolute atomic E-state index is 12.5. The average molecular weight is 390 g/mol. The minimum atomic E-state index is -0.324. The molecular formula is C18H16ClN3O3S. The molecule has 8 heteroatoms. The van der Waals surface area contributed by atoms with Gasteiger partial charge in [0.2, 0.25) is 5.88 Å². The number of hydrogen-bond donors (Lipinski definition) is 1. The van der Waals surface area contributed by atoms with Crippen LogP contribution in [0.3, 0.4) is 0 Å². The Hall–Kier alpha value is -2.64. The molecule has 3 rings (SSSR count). The predicted octanol–water partition coefficient (Wildman–Crippen LogP) is 4.52. The first-order valence-electron chi connectivity index (χ1n) is 7.81. The molecule has 3 aromatic rings. The summed E-state index contributed by atoms with van der Waals surface area (Å²) in [5, 5.41) is 5.60. The first kappa shape index (κ1) is 18.2. The van der Waals surface area contributed by atoms with Crippen LogP contribution in [0.5, 0.6) is 11.6 Å². The second-order valence-electron chi connectivity index (χ2n) is 5.13. The number of rotatable bonds is 6. The monoisotopic (exact) mass is 389 g/mol. The molecule has 1 amide bonds. The van der Waals surface area contributed by atoms with Gasteiger partial charge >= 0.3 is 0 Å². The first-order chi connectivity index (χ1) is 12.6. The molecule has 1 aromatic carbocycles. The molecule has 0 saturated heterocycles. The second-order valence-corrected chi connectivity index (χ2v) is 6.40. The summed E-state index contributed by atoms with van der Waals surface area (Å²) in [5.41, 5.74) is 1.91. The number of carbonyl (C=O) groups excluding carboxylic acids is 1. The highest BCUT2D eigenvalue weighted by molar-refractivity contribution is 7.14. The summed E-state index contributed by atoms with van der Waals surface area (Å²) >= 11 is 7.48. The van der Waals surface area contributed by atoms with Crippen molar-refractivity contribution in [2.45, 2.75) is 6.92 Å². The number of anilines is 1. The highest BCUT2D eigenvalue weighted by Gasteiger charge is 2.15. The predicted molar refractivity (Wildman–Crippen MR) is 102 cm³/mol. The molecule has 0 unspecified atom stereocenters. The van der Waals surface area contributed by atoms with Crippen molar-refractivity contribution in [3.8, 4) is 22.9 Å². The highest BCUT2D eigenvalue weighted by atomic mass is 35.5. The van der Waals surface area contributed by atoms with Crippen molar-refractivity contribution < 1.29 is 14.3 Å². The van der Waals surface area contributed by atoms with E-state index in [0.29, 0.717) is 39.6 Å². The fourth-order valence-electron chi connectivity index (χ4n) is 2.27. The third-order valence-corrected chi connectivity index (χ3v) is 4.52. The number of nitrogens with one attached hydrogen (secondary N) is 1. The van der Waals surface area contributed by atoms with Gasteiger partial charge in [0.25, 0.3) is 5.91 Å². The van der Waals surface area contributed by atoms with E-state index in [1.165, 1.54) is 11.3 Å². The zero-order valence-corrected chi connectivity index (χ0v) is 15.7. The molecular weight excluding hydrogens is 374 g/mol. The van der Waals surface area contributed by atoms with Crippen molar-refractivity contribution >= 4 is 34.0 Å². The molecule has 0 aliphatic carbocycles. The number of halogens is 1. The Kier molecular flexibility index (Phi) is 5.70. The molecule has 2 aromatic heterocycles. The van der Waals surface area contributed by atoms with E-state index >= 15 is 0 Å². The fraction of sp³-hybridized carbons (Fsp3) is 0.167. The summed E-state index contributed by atoms with van der Waals surface area (Å²) in [7, 11) is 1.56. The van der Waals surface area contributed by atoms with Gasteiger partial charge in [-0.1, -0.05) is 11.6 Å². The summed E-state index contributed by atoms with van der Waals surface area (Å²) in [4.78, 5) is 21.0. The van der Waals surface area contributed by atoms with E-state index in [9.17, 15) is 4.79 Å². The summed E-state index contributed by atoms with van der Waals surface area (Å²) in [5.74, 6) is 0.570. The minimum absolute atomic E-state index is 0.297. The van der Waals surface area contributed by atoms with Gasteiger partial charge in [-0.2, -0.15) is 0 Å². The molecule has 6 nitrogen and oxygen atoms in total. The molecule has 26 heavy (non-hydrogen) atoms. The Bertz CT molecular complexity index is 930. The topological polar surface area (TPSA) is 73.3 Å². The summed E-state index contributed by atoms with van der Waals surface area (Å²) in [6, 6.07) is 8.75. The fourth-order valence-corrected chi connectivity index (χ4v) is 3.24. The van der Waals surface area contributed by atoms with Crippen LogP contribution in [0.2, 0.25) is 5.02 Å². The van der Waals surface area contributed by atoms with Gasteiger partial charge < -0.3 is 9.47 Å². The van der Waals surface area contributed by atoms with Crippen LogP contribution in [-0.4, -0.2) is 29.6 Å². The molecule has 0 aliphatic rings. The molecule has 1 N–H and O–H groups in total. The van der Waals surface area contributed by atoms with Crippen molar-refractivity contribution in [1.29, 1.82) is 0 Å². The van der Waals surface area contributed by atoms with Gasteiger partial charge in [0.1, 0.15) is 11.3 Å². The Morgan fingerprint density at radius 1 is 1.35 bits per heavy atom. The molecule has 0 fully saturated rings. The van der Waals surface area contributed by atoms with E-state index in [0.717, 1.165) is 5.56 Å². The van der Waals surface area contributed by atoms with Gasteiger partial charge in [0, 0.05) is 17.1 Å². The van der Waals surface area contributed by atoms with Crippen molar-refractivity contribution in [2.24, 2.45) is 0 Å². The Morgan fingerprint density at radius 2 is 2.19 bits per heavy atom. The van der Waals surface area contributed by atoms with Crippen molar-refractivity contribution in [3.05, 3.63) is 52.5 Å². The minimum Gasteiger partial charge on any atom is -0.495 e. The molecule has 2 heterocycles. The number of thiazole rings is 1. The quantitative estimate of drug-likeness (QED) is 0.671. The lowest BCUT2D eigenvalue weighted by Crippen LogP contribution is -2.14. The zero-order chi connectivity index (χ0) is 18.5. The molecule has 134 valence electrons. The Balaban J connectivity index is 1.78. The van der Waals surface area contributed by atoms with Gasteiger partial charge in [0.15, 0.2) is 5.13 Å². The lowest BCUT2D eigenvalue weighted by Gasteiger charge is -2.07. The number of amides is 1. The summed E-state index contributed by atoms with van der Waals surface area (Å²) < 4.78 is 10.5. The number of methoxy groups -OCH3 is 1. The molecule has 0 saturated carbocycles. The number of pyridine rings is 1. The van der Waals surface area contributed by atoms with Crippen LogP contribution < -0.4 is 14.8 Å². The maximum Gasteiger partial charge on any atom is 0.262 e. The van der Waals surface area contributed by atoms with Gasteiger partial charge in [0.05, 0.1) is 24.4 Å².